The highest BCUT2D eigenvalue weighted by molar-refractivity contribution is 7.91. The Morgan fingerprint density at radius 2 is 2.07 bits per heavy atom. The number of hydrogen-bond donors (Lipinski definition) is 1. The molecule has 0 amide bonds. The van der Waals surface area contributed by atoms with Gasteiger partial charge in [0, 0.05) is 0 Å². The van der Waals surface area contributed by atoms with Crippen LogP contribution in [0.3, 0.4) is 0 Å². The van der Waals surface area contributed by atoms with Crippen LogP contribution in [0, 0.1) is 11.3 Å². The van der Waals surface area contributed by atoms with Gasteiger partial charge in [-0.05, 0) is 37.1 Å². The molecule has 0 saturated carbocycles. The molecule has 0 aromatic carbocycles. The third-order valence-electron chi connectivity index (χ3n) is 3.11. The highest BCUT2D eigenvalue weighted by atomic mass is 32.2. The fourth-order valence-corrected chi connectivity index (χ4v) is 3.71. The summed E-state index contributed by atoms with van der Waals surface area (Å²) in [4.78, 5) is 0. The molecule has 4 heteroatoms. The van der Waals surface area contributed by atoms with Crippen molar-refractivity contribution in [2.45, 2.75) is 33.1 Å². The molecule has 0 radical (unpaired) electrons. The molecule has 1 unspecified atom stereocenters. The van der Waals surface area contributed by atoms with E-state index in [0.717, 1.165) is 19.3 Å². The van der Waals surface area contributed by atoms with Crippen molar-refractivity contribution in [2.24, 2.45) is 17.1 Å². The molecule has 3 nitrogen and oxygen atoms in total. The lowest BCUT2D eigenvalue weighted by atomic mass is 9.85. The van der Waals surface area contributed by atoms with Crippen LogP contribution < -0.4 is 5.73 Å². The van der Waals surface area contributed by atoms with Gasteiger partial charge in [0.25, 0.3) is 0 Å². The van der Waals surface area contributed by atoms with Crippen molar-refractivity contribution in [2.75, 3.05) is 18.1 Å². The van der Waals surface area contributed by atoms with Crippen LogP contribution in [0.25, 0.3) is 0 Å². The van der Waals surface area contributed by atoms with Gasteiger partial charge in [-0.2, -0.15) is 0 Å². The van der Waals surface area contributed by atoms with Crippen LogP contribution >= 0.6 is 0 Å². The minimum Gasteiger partial charge on any atom is -0.330 e. The van der Waals surface area contributed by atoms with E-state index in [-0.39, 0.29) is 5.41 Å². The van der Waals surface area contributed by atoms with Gasteiger partial charge in [-0.25, -0.2) is 8.42 Å². The molecule has 1 heterocycles. The number of sulfone groups is 1. The third-order valence-corrected chi connectivity index (χ3v) is 4.95. The highest BCUT2D eigenvalue weighted by Gasteiger charge is 2.29. The maximum Gasteiger partial charge on any atom is 0.150 e. The average Bonchev–Trinajstić information content (AvgIpc) is 2.43. The predicted octanol–water partition coefficient (Wildman–Crippen LogP) is 1.19. The topological polar surface area (TPSA) is 60.2 Å². The Hall–Kier alpha value is -0.0900. The first kappa shape index (κ1) is 12.0. The number of nitrogens with two attached hydrogens (primary N) is 1. The standard InChI is InChI=1S/C10H21NO2S/c1-10(2,8-11)5-3-9-4-6-14(12,13)7-9/h9H,3-8,11H2,1-2H3. The van der Waals surface area contributed by atoms with Crippen LogP contribution in [0.15, 0.2) is 0 Å². The summed E-state index contributed by atoms with van der Waals surface area (Å²) in [6.45, 7) is 4.94. The van der Waals surface area contributed by atoms with E-state index >= 15 is 0 Å². The third kappa shape index (κ3) is 3.58. The second kappa shape index (κ2) is 4.19. The van der Waals surface area contributed by atoms with Gasteiger partial charge in [0.15, 0.2) is 9.84 Å². The van der Waals surface area contributed by atoms with Crippen molar-refractivity contribution in [3.05, 3.63) is 0 Å². The normalized spacial score (nSPS) is 26.6. The lowest BCUT2D eigenvalue weighted by Gasteiger charge is -2.23. The molecule has 0 spiro atoms. The smallest absolute Gasteiger partial charge is 0.150 e. The molecule has 1 saturated heterocycles. The summed E-state index contributed by atoms with van der Waals surface area (Å²) in [7, 11) is -2.70. The molecule has 1 aliphatic rings. The van der Waals surface area contributed by atoms with E-state index < -0.39 is 9.84 Å². The van der Waals surface area contributed by atoms with Crippen LogP contribution in [0.1, 0.15) is 33.1 Å². The Kier molecular flexibility index (Phi) is 3.58. The Morgan fingerprint density at radius 3 is 2.50 bits per heavy atom. The molecule has 0 bridgehead atoms. The Balaban J connectivity index is 2.34. The van der Waals surface area contributed by atoms with Crippen molar-refractivity contribution in [3.63, 3.8) is 0 Å². The second-order valence-corrected chi connectivity index (χ2v) is 7.40. The SMILES string of the molecule is CC(C)(CN)CCC1CCS(=O)(=O)C1. The van der Waals surface area contributed by atoms with Crippen molar-refractivity contribution in [1.82, 2.24) is 0 Å². The summed E-state index contributed by atoms with van der Waals surface area (Å²) >= 11 is 0. The minimum absolute atomic E-state index is 0.159. The minimum atomic E-state index is -2.70. The monoisotopic (exact) mass is 219 g/mol. The van der Waals surface area contributed by atoms with Gasteiger partial charge >= 0.3 is 0 Å². The molecule has 1 rings (SSSR count). The average molecular weight is 219 g/mol. The van der Waals surface area contributed by atoms with E-state index in [1.807, 2.05) is 0 Å². The summed E-state index contributed by atoms with van der Waals surface area (Å²) in [5.74, 6) is 1.17. The van der Waals surface area contributed by atoms with E-state index in [9.17, 15) is 8.42 Å². The molecule has 14 heavy (non-hydrogen) atoms. The number of hydrogen-bond acceptors (Lipinski definition) is 3. The van der Waals surface area contributed by atoms with Gasteiger partial charge in [0.05, 0.1) is 11.5 Å². The van der Waals surface area contributed by atoms with Crippen molar-refractivity contribution < 1.29 is 8.42 Å². The first-order valence-electron chi connectivity index (χ1n) is 5.25. The Labute approximate surface area is 87.0 Å². The molecular weight excluding hydrogens is 198 g/mol. The summed E-state index contributed by atoms with van der Waals surface area (Å²) in [6.07, 6.45) is 2.89. The van der Waals surface area contributed by atoms with Gasteiger partial charge < -0.3 is 5.73 Å². The fourth-order valence-electron chi connectivity index (χ4n) is 1.80. The van der Waals surface area contributed by atoms with Crippen molar-refractivity contribution >= 4 is 9.84 Å². The molecular formula is C10H21NO2S. The summed E-state index contributed by atoms with van der Waals surface area (Å²) in [5, 5.41) is 0. The van der Waals surface area contributed by atoms with E-state index in [2.05, 4.69) is 13.8 Å². The van der Waals surface area contributed by atoms with Gasteiger partial charge in [-0.3, -0.25) is 0 Å². The zero-order valence-corrected chi connectivity index (χ0v) is 9.94. The molecule has 0 aromatic rings. The lowest BCUT2D eigenvalue weighted by molar-refractivity contribution is 0.310. The van der Waals surface area contributed by atoms with E-state index in [1.54, 1.807) is 0 Å². The van der Waals surface area contributed by atoms with Crippen LogP contribution in [0.2, 0.25) is 0 Å². The van der Waals surface area contributed by atoms with E-state index in [4.69, 9.17) is 5.73 Å². The first-order chi connectivity index (χ1) is 6.35. The van der Waals surface area contributed by atoms with Crippen LogP contribution in [-0.2, 0) is 9.84 Å². The van der Waals surface area contributed by atoms with Gasteiger partial charge in [-0.15, -0.1) is 0 Å². The zero-order valence-electron chi connectivity index (χ0n) is 9.12. The molecule has 1 fully saturated rings. The van der Waals surface area contributed by atoms with Crippen LogP contribution in [0.5, 0.6) is 0 Å². The summed E-state index contributed by atoms with van der Waals surface area (Å²) in [6, 6.07) is 0. The van der Waals surface area contributed by atoms with Crippen LogP contribution in [-0.4, -0.2) is 26.5 Å². The largest absolute Gasteiger partial charge is 0.330 e. The van der Waals surface area contributed by atoms with E-state index in [0.29, 0.717) is 24.0 Å². The first-order valence-corrected chi connectivity index (χ1v) is 7.07. The maximum atomic E-state index is 11.2. The Bertz CT molecular complexity index is 282. The van der Waals surface area contributed by atoms with E-state index in [1.165, 1.54) is 0 Å². The predicted molar refractivity (Wildman–Crippen MR) is 58.8 cm³/mol. The number of rotatable bonds is 4. The molecule has 2 N–H and O–H groups in total. The quantitative estimate of drug-likeness (QED) is 0.772. The molecule has 0 aliphatic carbocycles. The highest BCUT2D eigenvalue weighted by Crippen LogP contribution is 2.28. The van der Waals surface area contributed by atoms with Crippen molar-refractivity contribution in [3.8, 4) is 0 Å². The molecule has 0 aromatic heterocycles. The molecule has 1 aliphatic heterocycles. The maximum absolute atomic E-state index is 11.2. The Morgan fingerprint density at radius 1 is 1.43 bits per heavy atom. The molecule has 84 valence electrons. The molecule has 1 atom stereocenters. The zero-order chi connectivity index (χ0) is 10.8. The summed E-state index contributed by atoms with van der Waals surface area (Å²) < 4.78 is 22.4. The van der Waals surface area contributed by atoms with Gasteiger partial charge in [0.2, 0.25) is 0 Å². The van der Waals surface area contributed by atoms with Gasteiger partial charge in [-0.1, -0.05) is 13.8 Å². The van der Waals surface area contributed by atoms with Crippen molar-refractivity contribution in [1.29, 1.82) is 0 Å². The summed E-state index contributed by atoms with van der Waals surface area (Å²) in [5.41, 5.74) is 5.79. The second-order valence-electron chi connectivity index (χ2n) is 5.18. The van der Waals surface area contributed by atoms with Gasteiger partial charge in [0.1, 0.15) is 0 Å². The lowest BCUT2D eigenvalue weighted by Crippen LogP contribution is -2.24. The fraction of sp³-hybridized carbons (Fsp3) is 1.00. The van der Waals surface area contributed by atoms with Crippen LogP contribution in [0.4, 0.5) is 0 Å².